The largest absolute Gasteiger partial charge is 0.456 e. The Kier molecular flexibility index (Phi) is 5.39. The Hall–Kier alpha value is -3.18. The fourth-order valence-electron chi connectivity index (χ4n) is 2.31. The molecule has 0 aliphatic heterocycles. The summed E-state index contributed by atoms with van der Waals surface area (Å²) in [7, 11) is 0. The number of aliphatic hydroxyl groups is 1. The molecule has 0 radical (unpaired) electrons. The van der Waals surface area contributed by atoms with Crippen molar-refractivity contribution >= 4 is 11.6 Å². The van der Waals surface area contributed by atoms with E-state index in [-0.39, 0.29) is 12.5 Å². The first-order chi connectivity index (χ1) is 12.2. The van der Waals surface area contributed by atoms with Crippen LogP contribution < -0.4 is 10.1 Å². The normalized spacial score (nSPS) is 10.3. The number of rotatable bonds is 6. The van der Waals surface area contributed by atoms with Gasteiger partial charge in [-0.15, -0.1) is 0 Å². The number of benzene rings is 2. The predicted octanol–water partition coefficient (Wildman–Crippen LogP) is 3.66. The molecule has 0 unspecified atom stereocenters. The molecule has 0 fully saturated rings. The SMILES string of the molecule is O=C(Nc1ccc(CCO)cc1)c1ccc(Oc2cccnc2)cc1. The summed E-state index contributed by atoms with van der Waals surface area (Å²) < 4.78 is 5.65. The first-order valence-electron chi connectivity index (χ1n) is 7.94. The van der Waals surface area contributed by atoms with Gasteiger partial charge in [-0.25, -0.2) is 0 Å². The Morgan fingerprint density at radius 3 is 2.40 bits per heavy atom. The summed E-state index contributed by atoms with van der Waals surface area (Å²) >= 11 is 0. The Balaban J connectivity index is 1.62. The van der Waals surface area contributed by atoms with E-state index in [9.17, 15) is 4.79 Å². The van der Waals surface area contributed by atoms with Gasteiger partial charge in [-0.1, -0.05) is 12.1 Å². The lowest BCUT2D eigenvalue weighted by molar-refractivity contribution is 0.102. The van der Waals surface area contributed by atoms with E-state index in [4.69, 9.17) is 9.84 Å². The summed E-state index contributed by atoms with van der Waals surface area (Å²) in [5.41, 5.74) is 2.28. The fourth-order valence-corrected chi connectivity index (χ4v) is 2.31. The van der Waals surface area contributed by atoms with Gasteiger partial charge in [0.25, 0.3) is 5.91 Å². The second-order valence-electron chi connectivity index (χ2n) is 5.44. The van der Waals surface area contributed by atoms with Crippen LogP contribution >= 0.6 is 0 Å². The average Bonchev–Trinajstić information content (AvgIpc) is 2.65. The van der Waals surface area contributed by atoms with Crippen LogP contribution in [0, 0.1) is 0 Å². The van der Waals surface area contributed by atoms with Gasteiger partial charge in [0.2, 0.25) is 0 Å². The Bertz CT molecular complexity index is 816. The summed E-state index contributed by atoms with van der Waals surface area (Å²) in [4.78, 5) is 16.3. The summed E-state index contributed by atoms with van der Waals surface area (Å²) in [5, 5.41) is 11.8. The lowest BCUT2D eigenvalue weighted by Gasteiger charge is -2.08. The molecule has 0 spiro atoms. The molecule has 2 aromatic carbocycles. The van der Waals surface area contributed by atoms with Gasteiger partial charge < -0.3 is 15.2 Å². The smallest absolute Gasteiger partial charge is 0.255 e. The van der Waals surface area contributed by atoms with Crippen molar-refractivity contribution in [2.45, 2.75) is 6.42 Å². The Morgan fingerprint density at radius 1 is 1.00 bits per heavy atom. The molecule has 0 aliphatic carbocycles. The maximum Gasteiger partial charge on any atom is 0.255 e. The number of hydrogen-bond acceptors (Lipinski definition) is 4. The standard InChI is InChI=1S/C20H18N2O3/c23-13-11-15-3-7-17(8-4-15)22-20(24)16-5-9-18(10-6-16)25-19-2-1-12-21-14-19/h1-10,12,14,23H,11,13H2,(H,22,24). The van der Waals surface area contributed by atoms with Gasteiger partial charge in [-0.2, -0.15) is 0 Å². The van der Waals surface area contributed by atoms with Gasteiger partial charge in [-0.3, -0.25) is 9.78 Å². The van der Waals surface area contributed by atoms with Crippen LogP contribution in [0.1, 0.15) is 15.9 Å². The quantitative estimate of drug-likeness (QED) is 0.722. The van der Waals surface area contributed by atoms with Gasteiger partial charge in [0.05, 0.1) is 6.20 Å². The molecule has 0 aliphatic rings. The molecule has 0 saturated carbocycles. The number of aliphatic hydroxyl groups excluding tert-OH is 1. The molecular weight excluding hydrogens is 316 g/mol. The zero-order valence-corrected chi connectivity index (χ0v) is 13.6. The van der Waals surface area contributed by atoms with E-state index < -0.39 is 0 Å². The Morgan fingerprint density at radius 2 is 1.76 bits per heavy atom. The van der Waals surface area contributed by atoms with Gasteiger partial charge >= 0.3 is 0 Å². The van der Waals surface area contributed by atoms with Crippen molar-refractivity contribution in [2.75, 3.05) is 11.9 Å². The minimum Gasteiger partial charge on any atom is -0.456 e. The molecule has 0 bridgehead atoms. The Labute approximate surface area is 145 Å². The molecule has 3 aromatic rings. The minimum absolute atomic E-state index is 0.110. The number of carbonyl (C=O) groups is 1. The van der Waals surface area contributed by atoms with Crippen LogP contribution in [0.15, 0.2) is 73.1 Å². The van der Waals surface area contributed by atoms with Gasteiger partial charge in [0, 0.05) is 24.1 Å². The van der Waals surface area contributed by atoms with Crippen LogP contribution in [0.5, 0.6) is 11.5 Å². The summed E-state index contributed by atoms with van der Waals surface area (Å²) in [6.07, 6.45) is 3.91. The van der Waals surface area contributed by atoms with Crippen molar-refractivity contribution < 1.29 is 14.6 Å². The predicted molar refractivity (Wildman–Crippen MR) is 95.9 cm³/mol. The molecule has 126 valence electrons. The fraction of sp³-hybridized carbons (Fsp3) is 0.100. The molecule has 25 heavy (non-hydrogen) atoms. The van der Waals surface area contributed by atoms with E-state index in [2.05, 4.69) is 10.3 Å². The highest BCUT2D eigenvalue weighted by molar-refractivity contribution is 6.04. The third kappa shape index (κ3) is 4.65. The number of hydrogen-bond donors (Lipinski definition) is 2. The number of anilines is 1. The maximum absolute atomic E-state index is 12.3. The van der Waals surface area contributed by atoms with Crippen molar-refractivity contribution in [3.63, 3.8) is 0 Å². The van der Waals surface area contributed by atoms with Crippen molar-refractivity contribution in [1.82, 2.24) is 4.98 Å². The second kappa shape index (κ2) is 8.08. The first-order valence-corrected chi connectivity index (χ1v) is 7.94. The van der Waals surface area contributed by atoms with Crippen LogP contribution in [0.25, 0.3) is 0 Å². The van der Waals surface area contributed by atoms with Crippen LogP contribution in [0.4, 0.5) is 5.69 Å². The molecule has 5 nitrogen and oxygen atoms in total. The average molecular weight is 334 g/mol. The van der Waals surface area contributed by atoms with Crippen molar-refractivity contribution in [1.29, 1.82) is 0 Å². The number of nitrogens with one attached hydrogen (secondary N) is 1. The number of amides is 1. The van der Waals surface area contributed by atoms with Crippen LogP contribution in [0.3, 0.4) is 0 Å². The van der Waals surface area contributed by atoms with E-state index in [1.54, 1.807) is 42.7 Å². The van der Waals surface area contributed by atoms with E-state index in [1.165, 1.54) is 0 Å². The van der Waals surface area contributed by atoms with E-state index >= 15 is 0 Å². The minimum atomic E-state index is -0.192. The van der Waals surface area contributed by atoms with Crippen molar-refractivity contribution in [2.24, 2.45) is 0 Å². The van der Waals surface area contributed by atoms with Crippen molar-refractivity contribution in [3.8, 4) is 11.5 Å². The summed E-state index contributed by atoms with van der Waals surface area (Å²) in [6, 6.07) is 17.9. The van der Waals surface area contributed by atoms with Crippen LogP contribution in [-0.2, 0) is 6.42 Å². The van der Waals surface area contributed by atoms with Crippen LogP contribution in [-0.4, -0.2) is 22.6 Å². The molecule has 0 atom stereocenters. The number of nitrogens with zero attached hydrogens (tertiary/aromatic N) is 1. The highest BCUT2D eigenvalue weighted by Gasteiger charge is 2.07. The van der Waals surface area contributed by atoms with Crippen LogP contribution in [0.2, 0.25) is 0 Å². The monoisotopic (exact) mass is 334 g/mol. The maximum atomic E-state index is 12.3. The summed E-state index contributed by atoms with van der Waals surface area (Å²) in [6.45, 7) is 0.110. The van der Waals surface area contributed by atoms with Gasteiger partial charge in [-0.05, 0) is 60.5 Å². The zero-order chi connectivity index (χ0) is 17.5. The third-order valence-corrected chi connectivity index (χ3v) is 3.60. The van der Waals surface area contributed by atoms with Crippen molar-refractivity contribution in [3.05, 3.63) is 84.2 Å². The van der Waals surface area contributed by atoms with E-state index in [0.717, 1.165) is 5.56 Å². The molecule has 3 rings (SSSR count). The van der Waals surface area contributed by atoms with E-state index in [1.807, 2.05) is 30.3 Å². The lowest BCUT2D eigenvalue weighted by atomic mass is 10.1. The lowest BCUT2D eigenvalue weighted by Crippen LogP contribution is -2.11. The number of aromatic nitrogens is 1. The molecule has 1 heterocycles. The summed E-state index contributed by atoms with van der Waals surface area (Å²) in [5.74, 6) is 1.09. The van der Waals surface area contributed by atoms with Gasteiger partial charge in [0.15, 0.2) is 0 Å². The molecule has 5 heteroatoms. The molecule has 2 N–H and O–H groups in total. The molecule has 0 saturated heterocycles. The first kappa shape index (κ1) is 16.7. The number of ether oxygens (including phenoxy) is 1. The number of carbonyl (C=O) groups excluding carboxylic acids is 1. The highest BCUT2D eigenvalue weighted by Crippen LogP contribution is 2.21. The zero-order valence-electron chi connectivity index (χ0n) is 13.6. The van der Waals surface area contributed by atoms with Gasteiger partial charge in [0.1, 0.15) is 11.5 Å². The number of pyridine rings is 1. The molecular formula is C20H18N2O3. The topological polar surface area (TPSA) is 71.5 Å². The second-order valence-corrected chi connectivity index (χ2v) is 5.44. The molecule has 1 amide bonds. The molecule has 1 aromatic heterocycles. The van der Waals surface area contributed by atoms with E-state index in [0.29, 0.717) is 29.2 Å². The highest BCUT2D eigenvalue weighted by atomic mass is 16.5. The third-order valence-electron chi connectivity index (χ3n) is 3.60.